The van der Waals surface area contributed by atoms with Gasteiger partial charge in [-0.25, -0.2) is 0 Å². The molecule has 0 nitrogen and oxygen atoms in total. The average molecular weight is 753 g/mol. The van der Waals surface area contributed by atoms with Crippen LogP contribution < -0.4 is 0 Å². The number of hydrogen-bond acceptors (Lipinski definition) is 1. The minimum Gasteiger partial charge on any atom is -0.183 e. The Morgan fingerprint density at radius 1 is 0.774 bits per heavy atom. The second-order valence-electron chi connectivity index (χ2n) is 13.0. The van der Waals surface area contributed by atoms with E-state index in [0.29, 0.717) is 5.92 Å². The summed E-state index contributed by atoms with van der Waals surface area (Å²) in [7, 11) is 0. The average Bonchev–Trinajstić information content (AvgIpc) is 3.17. The molecule has 1 heteroatoms. The summed E-state index contributed by atoms with van der Waals surface area (Å²) in [6, 6.07) is 12.5. The van der Waals surface area contributed by atoms with Gasteiger partial charge in [-0.15, -0.1) is 12.3 Å². The lowest BCUT2D eigenvalue weighted by Crippen LogP contribution is -1.99. The van der Waals surface area contributed by atoms with Gasteiger partial charge in [-0.3, -0.25) is 0 Å². The molecule has 0 unspecified atom stereocenters. The molecule has 0 N–H and O–H groups in total. The summed E-state index contributed by atoms with van der Waals surface area (Å²) in [6.07, 6.45) is 24.3. The van der Waals surface area contributed by atoms with Crippen molar-refractivity contribution in [2.45, 2.75) is 196 Å². The molecule has 2 aromatic carbocycles. The van der Waals surface area contributed by atoms with Crippen molar-refractivity contribution in [1.29, 1.82) is 0 Å². The van der Waals surface area contributed by atoms with Crippen LogP contribution in [0.2, 0.25) is 0 Å². The van der Waals surface area contributed by atoms with E-state index in [1.54, 1.807) is 13.2 Å². The van der Waals surface area contributed by atoms with E-state index < -0.39 is 0 Å². The number of thiol groups is 1. The van der Waals surface area contributed by atoms with E-state index in [4.69, 9.17) is 0 Å². The molecule has 0 amide bonds. The van der Waals surface area contributed by atoms with Gasteiger partial charge in [0.25, 0.3) is 0 Å². The zero-order chi connectivity index (χ0) is 43.2. The molecule has 0 bridgehead atoms. The molecule has 0 spiro atoms. The molecule has 1 fully saturated rings. The molecule has 310 valence electrons. The normalized spacial score (nSPS) is 11.0. The van der Waals surface area contributed by atoms with Gasteiger partial charge in [0.15, 0.2) is 0 Å². The van der Waals surface area contributed by atoms with Crippen LogP contribution in [-0.4, -0.2) is 6.26 Å². The highest BCUT2D eigenvalue weighted by molar-refractivity contribution is 7.79. The van der Waals surface area contributed by atoms with Crippen LogP contribution in [0.3, 0.4) is 0 Å². The van der Waals surface area contributed by atoms with Crippen molar-refractivity contribution >= 4 is 18.2 Å². The molecule has 0 radical (unpaired) electrons. The summed E-state index contributed by atoms with van der Waals surface area (Å²) in [5.74, 6) is 3.99. The summed E-state index contributed by atoms with van der Waals surface area (Å²) in [6.45, 7) is 47.8. The number of hydrogen-bond donors (Lipinski definition) is 1. The molecule has 3 rings (SSSR count). The Bertz CT molecular complexity index is 1070. The molecule has 0 heterocycles. The Hall–Kier alpha value is -2.43. The fourth-order valence-electron chi connectivity index (χ4n) is 4.46. The highest BCUT2D eigenvalue weighted by Crippen LogP contribution is 2.26. The summed E-state index contributed by atoms with van der Waals surface area (Å²) in [5, 5.41) is 0. The van der Waals surface area contributed by atoms with Crippen LogP contribution in [-0.2, 0) is 0 Å². The molecule has 1 aliphatic carbocycles. The predicted octanol–water partition coefficient (Wildman–Crippen LogP) is 18.6. The first-order valence-corrected chi connectivity index (χ1v) is 21.9. The van der Waals surface area contributed by atoms with Crippen LogP contribution in [0.1, 0.15) is 195 Å². The van der Waals surface area contributed by atoms with Crippen LogP contribution in [0.25, 0.3) is 5.57 Å². The van der Waals surface area contributed by atoms with Crippen LogP contribution in [0.15, 0.2) is 67.3 Å². The van der Waals surface area contributed by atoms with Crippen LogP contribution in [0, 0.1) is 58.8 Å². The van der Waals surface area contributed by atoms with Crippen molar-refractivity contribution in [3.05, 3.63) is 101 Å². The molecule has 0 aromatic heterocycles. The molecule has 1 atom stereocenters. The van der Waals surface area contributed by atoms with Gasteiger partial charge in [0.2, 0.25) is 0 Å². The van der Waals surface area contributed by atoms with E-state index in [-0.39, 0.29) is 0 Å². The zero-order valence-corrected chi connectivity index (χ0v) is 40.7. The second kappa shape index (κ2) is 53.9. The molecular formula is C52H96S. The number of unbranched alkanes of at least 4 members (excludes halogenated alkanes) is 1. The predicted molar refractivity (Wildman–Crippen MR) is 260 cm³/mol. The largest absolute Gasteiger partial charge is 0.183 e. The Morgan fingerprint density at radius 3 is 1.38 bits per heavy atom. The quantitative estimate of drug-likeness (QED) is 0.170. The summed E-state index contributed by atoms with van der Waals surface area (Å²) < 4.78 is 0. The van der Waals surface area contributed by atoms with E-state index >= 15 is 0 Å². The molecule has 1 aliphatic rings. The van der Waals surface area contributed by atoms with Gasteiger partial charge >= 0.3 is 0 Å². The highest BCUT2D eigenvalue weighted by atomic mass is 32.1. The molecule has 1 saturated carbocycles. The monoisotopic (exact) mass is 753 g/mol. The van der Waals surface area contributed by atoms with Gasteiger partial charge < -0.3 is 0 Å². The van der Waals surface area contributed by atoms with E-state index in [9.17, 15) is 0 Å². The Labute approximate surface area is 343 Å². The van der Waals surface area contributed by atoms with Gasteiger partial charge in [0, 0.05) is 0 Å². The Balaban J connectivity index is -0.0000000944. The van der Waals surface area contributed by atoms with Crippen molar-refractivity contribution < 1.29 is 0 Å². The van der Waals surface area contributed by atoms with Crippen molar-refractivity contribution in [2.75, 3.05) is 6.26 Å². The first-order valence-electron chi connectivity index (χ1n) is 21.0. The third-order valence-corrected chi connectivity index (χ3v) is 8.21. The number of benzene rings is 2. The number of rotatable bonds is 6. The summed E-state index contributed by atoms with van der Waals surface area (Å²) >= 11 is 3.53. The third kappa shape index (κ3) is 49.6. The van der Waals surface area contributed by atoms with E-state index in [1.165, 1.54) is 103 Å². The lowest BCUT2D eigenvalue weighted by molar-refractivity contribution is 0.385. The van der Waals surface area contributed by atoms with Gasteiger partial charge in [-0.2, -0.15) is 12.6 Å². The zero-order valence-electron chi connectivity index (χ0n) is 39.8. The molecule has 0 saturated heterocycles. The van der Waals surface area contributed by atoms with E-state index in [2.05, 4.69) is 165 Å². The summed E-state index contributed by atoms with van der Waals surface area (Å²) in [4.78, 5) is 0. The van der Waals surface area contributed by atoms with Crippen LogP contribution in [0.5, 0.6) is 0 Å². The maximum atomic E-state index is 4.60. The molecular weight excluding hydrogens is 657 g/mol. The maximum Gasteiger partial charge on any atom is -0.00297 e. The first kappa shape index (κ1) is 65.5. The topological polar surface area (TPSA) is 0 Å². The van der Waals surface area contributed by atoms with Gasteiger partial charge in [0.1, 0.15) is 0 Å². The molecule has 2 aromatic rings. The molecule has 53 heavy (non-hydrogen) atoms. The van der Waals surface area contributed by atoms with Crippen molar-refractivity contribution in [1.82, 2.24) is 0 Å². The SMILES string of the molecule is C#CC.C=C(C)[C@@H](C)CC.C=C(C)c1c(C)cc(C)c(C)c1C.CC.CC.CC/C=C\CC.CC1CCCCC1.CCCC.CS.Cc1ccccc1. The van der Waals surface area contributed by atoms with E-state index in [1.807, 2.05) is 45.9 Å². The smallest absolute Gasteiger partial charge is 0.00297 e. The second-order valence-corrected chi connectivity index (χ2v) is 13.0. The summed E-state index contributed by atoms with van der Waals surface area (Å²) in [5.41, 5.74) is 10.6. The van der Waals surface area contributed by atoms with E-state index in [0.717, 1.165) is 11.5 Å². The fraction of sp³-hybridized carbons (Fsp3) is 0.615. The number of terminal acetylenes is 1. The van der Waals surface area contributed by atoms with Crippen LogP contribution in [0.4, 0.5) is 0 Å². The van der Waals surface area contributed by atoms with Gasteiger partial charge in [-0.1, -0.05) is 200 Å². The Morgan fingerprint density at radius 2 is 1.17 bits per heavy atom. The van der Waals surface area contributed by atoms with Crippen molar-refractivity contribution in [3.8, 4) is 12.3 Å². The van der Waals surface area contributed by atoms with Crippen molar-refractivity contribution in [2.24, 2.45) is 11.8 Å². The Kier molecular flexibility index (Phi) is 66.6. The minimum absolute atomic E-state index is 0.708. The first-order chi connectivity index (χ1) is 25.2. The standard InChI is InChI=1S/C13H18.C7H14.C7H8.C7H14.C6H12.C4H10.C3H4.2C2H6.CH4S/c1-8(2)13-10(4)7-9(3)11(5)12(13)6;2*1-7-5-3-2-4-6-7;1-5-7(4)6(2)3;1-3-5-6-4-2;1-3-4-2;1-3-2;3*1-2/h7H,1H2,2-6H3;7H,2-6H2,1H3;2-6H,1H3;7H,2,5H2,1,3-4H3;5-6H,3-4H2,1-2H3;3-4H2,1-2H3;1H,2H3;2*1-2H3;2H,1H3/b;;;;6-5-;;;;;/t;;;7-;;;;;;/m...0....../s1. The van der Waals surface area contributed by atoms with Gasteiger partial charge in [-0.05, 0) is 121 Å². The van der Waals surface area contributed by atoms with Gasteiger partial charge in [0.05, 0.1) is 0 Å². The lowest BCUT2D eigenvalue weighted by Gasteiger charge is -2.15. The highest BCUT2D eigenvalue weighted by Gasteiger charge is 2.08. The fourth-order valence-corrected chi connectivity index (χ4v) is 4.46. The number of allylic oxidation sites excluding steroid dienone is 4. The van der Waals surface area contributed by atoms with Crippen molar-refractivity contribution in [3.63, 3.8) is 0 Å². The number of aryl methyl sites for hydroxylation is 3. The van der Waals surface area contributed by atoms with Crippen LogP contribution >= 0.6 is 12.6 Å². The lowest BCUT2D eigenvalue weighted by atomic mass is 9.91. The minimum atomic E-state index is 0.708. The maximum absolute atomic E-state index is 4.60. The third-order valence-electron chi connectivity index (χ3n) is 8.21. The molecule has 0 aliphatic heterocycles.